The first-order chi connectivity index (χ1) is 7.87. The first-order valence-corrected chi connectivity index (χ1v) is 6.66. The predicted molar refractivity (Wildman–Crippen MR) is 69.1 cm³/mol. The topological polar surface area (TPSA) is 26.8 Å². The standard InChI is InChI=1S/C13H25N3O/c1-10(2)14(5)12(17)16-7-6-13(16)8-15(9-13)11(3)4/h10-11H,6-9H2,1-5H3. The van der Waals surface area contributed by atoms with Crippen molar-refractivity contribution in [2.24, 2.45) is 0 Å². The molecule has 2 saturated heterocycles. The Bertz CT molecular complexity index is 308. The van der Waals surface area contributed by atoms with Gasteiger partial charge in [-0.15, -0.1) is 0 Å². The summed E-state index contributed by atoms with van der Waals surface area (Å²) >= 11 is 0. The van der Waals surface area contributed by atoms with E-state index >= 15 is 0 Å². The van der Waals surface area contributed by atoms with Gasteiger partial charge in [-0.1, -0.05) is 0 Å². The fourth-order valence-electron chi connectivity index (χ4n) is 2.65. The molecule has 0 aliphatic carbocycles. The van der Waals surface area contributed by atoms with Gasteiger partial charge in [-0.2, -0.15) is 0 Å². The van der Waals surface area contributed by atoms with Crippen LogP contribution in [0.1, 0.15) is 34.1 Å². The zero-order chi connectivity index (χ0) is 12.8. The van der Waals surface area contributed by atoms with Crippen LogP contribution < -0.4 is 0 Å². The summed E-state index contributed by atoms with van der Waals surface area (Å²) in [6.07, 6.45) is 1.17. The summed E-state index contributed by atoms with van der Waals surface area (Å²) < 4.78 is 0. The largest absolute Gasteiger partial charge is 0.325 e. The van der Waals surface area contributed by atoms with Crippen molar-refractivity contribution in [2.45, 2.75) is 51.7 Å². The van der Waals surface area contributed by atoms with Crippen LogP contribution in [-0.2, 0) is 0 Å². The van der Waals surface area contributed by atoms with Crippen LogP contribution in [0, 0.1) is 0 Å². The van der Waals surface area contributed by atoms with Crippen molar-refractivity contribution in [1.29, 1.82) is 0 Å². The van der Waals surface area contributed by atoms with Crippen molar-refractivity contribution in [3.05, 3.63) is 0 Å². The van der Waals surface area contributed by atoms with Crippen LogP contribution >= 0.6 is 0 Å². The van der Waals surface area contributed by atoms with Gasteiger partial charge in [0.15, 0.2) is 0 Å². The molecule has 2 aliphatic heterocycles. The number of carbonyl (C=O) groups is 1. The third-order valence-corrected chi connectivity index (χ3v) is 4.41. The molecule has 0 unspecified atom stereocenters. The average Bonchev–Trinajstić information content (AvgIpc) is 2.11. The molecular weight excluding hydrogens is 214 g/mol. The fraction of sp³-hybridized carbons (Fsp3) is 0.923. The van der Waals surface area contributed by atoms with Gasteiger partial charge in [0.05, 0.1) is 5.54 Å². The summed E-state index contributed by atoms with van der Waals surface area (Å²) in [6, 6.07) is 1.08. The second kappa shape index (κ2) is 4.16. The van der Waals surface area contributed by atoms with Crippen molar-refractivity contribution in [2.75, 3.05) is 26.7 Å². The lowest BCUT2D eigenvalue weighted by molar-refractivity contribution is -0.111. The van der Waals surface area contributed by atoms with Gasteiger partial charge in [0.2, 0.25) is 0 Å². The monoisotopic (exact) mass is 239 g/mol. The van der Waals surface area contributed by atoms with Crippen molar-refractivity contribution >= 4 is 6.03 Å². The van der Waals surface area contributed by atoms with E-state index in [1.54, 1.807) is 0 Å². The molecule has 0 saturated carbocycles. The smallest absolute Gasteiger partial charge is 0.320 e. The lowest BCUT2D eigenvalue weighted by Gasteiger charge is -2.64. The Labute approximate surface area is 105 Å². The molecule has 2 fully saturated rings. The number of amides is 2. The second-order valence-electron chi connectivity index (χ2n) is 6.11. The molecule has 2 aliphatic rings. The molecule has 0 aromatic carbocycles. The number of urea groups is 1. The van der Waals surface area contributed by atoms with Gasteiger partial charge in [0.25, 0.3) is 0 Å². The zero-order valence-corrected chi connectivity index (χ0v) is 11.7. The second-order valence-corrected chi connectivity index (χ2v) is 6.11. The normalized spacial score (nSPS) is 22.9. The van der Waals surface area contributed by atoms with Gasteiger partial charge in [0, 0.05) is 38.8 Å². The van der Waals surface area contributed by atoms with E-state index < -0.39 is 0 Å². The predicted octanol–water partition coefficient (Wildman–Crippen LogP) is 1.62. The maximum Gasteiger partial charge on any atom is 0.320 e. The Balaban J connectivity index is 1.94. The highest BCUT2D eigenvalue weighted by atomic mass is 16.2. The molecule has 0 aromatic rings. The Hall–Kier alpha value is -0.770. The number of hydrogen-bond donors (Lipinski definition) is 0. The van der Waals surface area contributed by atoms with Crippen molar-refractivity contribution in [3.63, 3.8) is 0 Å². The fourth-order valence-corrected chi connectivity index (χ4v) is 2.65. The maximum atomic E-state index is 12.3. The van der Waals surface area contributed by atoms with Gasteiger partial charge >= 0.3 is 6.03 Å². The van der Waals surface area contributed by atoms with Crippen LogP contribution in [-0.4, -0.2) is 65.0 Å². The number of likely N-dealkylation sites (tertiary alicyclic amines) is 2. The first-order valence-electron chi connectivity index (χ1n) is 6.66. The van der Waals surface area contributed by atoms with Gasteiger partial charge in [-0.25, -0.2) is 4.79 Å². The molecular formula is C13H25N3O. The first kappa shape index (κ1) is 12.7. The van der Waals surface area contributed by atoms with Crippen LogP contribution in [0.15, 0.2) is 0 Å². The molecule has 98 valence electrons. The molecule has 17 heavy (non-hydrogen) atoms. The lowest BCUT2D eigenvalue weighted by Crippen LogP contribution is -2.79. The number of hydrogen-bond acceptors (Lipinski definition) is 2. The SMILES string of the molecule is CC(C)N1CC2(CCN2C(=O)N(C)C(C)C)C1. The molecule has 0 radical (unpaired) electrons. The molecule has 0 N–H and O–H groups in total. The molecule has 0 bridgehead atoms. The van der Waals surface area contributed by atoms with Crippen molar-refractivity contribution in [1.82, 2.24) is 14.7 Å². The molecule has 2 heterocycles. The van der Waals surface area contributed by atoms with Crippen LogP contribution in [0.5, 0.6) is 0 Å². The van der Waals surface area contributed by atoms with E-state index in [9.17, 15) is 4.79 Å². The Morgan fingerprint density at radius 2 is 1.82 bits per heavy atom. The van der Waals surface area contributed by atoms with Gasteiger partial charge in [-0.05, 0) is 34.1 Å². The Morgan fingerprint density at radius 3 is 2.18 bits per heavy atom. The molecule has 0 atom stereocenters. The molecule has 1 spiro atoms. The number of carbonyl (C=O) groups excluding carboxylic acids is 1. The van der Waals surface area contributed by atoms with Crippen molar-refractivity contribution < 1.29 is 4.79 Å². The summed E-state index contributed by atoms with van der Waals surface area (Å²) in [4.78, 5) is 18.6. The minimum Gasteiger partial charge on any atom is -0.325 e. The minimum atomic E-state index is 0.171. The van der Waals surface area contributed by atoms with Gasteiger partial charge in [0.1, 0.15) is 0 Å². The minimum absolute atomic E-state index is 0.171. The summed E-state index contributed by atoms with van der Waals surface area (Å²) in [7, 11) is 1.90. The number of nitrogens with zero attached hydrogens (tertiary/aromatic N) is 3. The van der Waals surface area contributed by atoms with Crippen LogP contribution in [0.2, 0.25) is 0 Å². The number of rotatable bonds is 2. The molecule has 2 amide bonds. The summed E-state index contributed by atoms with van der Waals surface area (Å²) in [6.45, 7) is 11.6. The van der Waals surface area contributed by atoms with Gasteiger partial charge < -0.3 is 9.80 Å². The van der Waals surface area contributed by atoms with Crippen LogP contribution in [0.4, 0.5) is 4.79 Å². The molecule has 4 heteroatoms. The van der Waals surface area contributed by atoms with Gasteiger partial charge in [-0.3, -0.25) is 4.90 Å². The molecule has 2 rings (SSSR count). The molecule has 4 nitrogen and oxygen atoms in total. The van der Waals surface area contributed by atoms with E-state index in [0.717, 1.165) is 19.6 Å². The van der Waals surface area contributed by atoms with Crippen molar-refractivity contribution in [3.8, 4) is 0 Å². The van der Waals surface area contributed by atoms with Crippen LogP contribution in [0.3, 0.4) is 0 Å². The van der Waals surface area contributed by atoms with E-state index in [1.165, 1.54) is 6.42 Å². The average molecular weight is 239 g/mol. The Morgan fingerprint density at radius 1 is 1.24 bits per heavy atom. The third-order valence-electron chi connectivity index (χ3n) is 4.41. The lowest BCUT2D eigenvalue weighted by atomic mass is 9.77. The van der Waals surface area contributed by atoms with E-state index in [-0.39, 0.29) is 17.6 Å². The van der Waals surface area contributed by atoms with E-state index in [1.807, 2.05) is 11.9 Å². The summed E-state index contributed by atoms with van der Waals surface area (Å²) in [5.41, 5.74) is 0.171. The third kappa shape index (κ3) is 1.92. The maximum absolute atomic E-state index is 12.3. The summed E-state index contributed by atoms with van der Waals surface area (Å²) in [5.74, 6) is 0. The van der Waals surface area contributed by atoms with E-state index in [4.69, 9.17) is 0 Å². The molecule has 0 aromatic heterocycles. The highest BCUT2D eigenvalue weighted by molar-refractivity contribution is 5.76. The quantitative estimate of drug-likeness (QED) is 0.732. The van der Waals surface area contributed by atoms with E-state index in [0.29, 0.717) is 6.04 Å². The Kier molecular flexibility index (Phi) is 3.10. The zero-order valence-electron chi connectivity index (χ0n) is 11.7. The van der Waals surface area contributed by atoms with E-state index in [2.05, 4.69) is 37.5 Å². The highest BCUT2D eigenvalue weighted by Crippen LogP contribution is 2.40. The summed E-state index contributed by atoms with van der Waals surface area (Å²) in [5, 5.41) is 0. The highest BCUT2D eigenvalue weighted by Gasteiger charge is 2.56. The van der Waals surface area contributed by atoms with Crippen LogP contribution in [0.25, 0.3) is 0 Å².